The summed E-state index contributed by atoms with van der Waals surface area (Å²) in [4.78, 5) is 12.6. The summed E-state index contributed by atoms with van der Waals surface area (Å²) in [7, 11) is 0. The van der Waals surface area contributed by atoms with E-state index in [9.17, 15) is 4.79 Å². The van der Waals surface area contributed by atoms with E-state index in [2.05, 4.69) is 0 Å². The molecule has 3 heteroatoms. The van der Waals surface area contributed by atoms with Gasteiger partial charge in [0.1, 0.15) is 0 Å². The zero-order chi connectivity index (χ0) is 8.27. The number of amides is 1. The van der Waals surface area contributed by atoms with Crippen LogP contribution in [0.15, 0.2) is 18.2 Å². The van der Waals surface area contributed by atoms with Gasteiger partial charge in [-0.25, -0.2) is 0 Å². The van der Waals surface area contributed by atoms with Crippen LogP contribution in [0, 0.1) is 6.92 Å². The molecular formula is C8H9NOS. The Hall–Kier alpha value is -1.09. The second kappa shape index (κ2) is 3.34. The summed E-state index contributed by atoms with van der Waals surface area (Å²) >= 11 is 1.64. The van der Waals surface area contributed by atoms with Crippen LogP contribution in [0.5, 0.6) is 0 Å². The zero-order valence-electron chi connectivity index (χ0n) is 6.20. The van der Waals surface area contributed by atoms with Crippen LogP contribution in [0.2, 0.25) is 0 Å². The van der Waals surface area contributed by atoms with Gasteiger partial charge >= 0.3 is 0 Å². The predicted octanol–water partition coefficient (Wildman–Crippen LogP) is 1.56. The lowest BCUT2D eigenvalue weighted by Crippen LogP contribution is -2.04. The first-order chi connectivity index (χ1) is 5.18. The average Bonchev–Trinajstić information content (AvgIpc) is 2.31. The average molecular weight is 167 g/mol. The molecular weight excluding hydrogens is 158 g/mol. The van der Waals surface area contributed by atoms with Crippen LogP contribution in [0.4, 0.5) is 0 Å². The van der Waals surface area contributed by atoms with Crippen molar-refractivity contribution >= 4 is 23.3 Å². The molecule has 0 aliphatic carbocycles. The Kier molecular flexibility index (Phi) is 2.44. The summed E-state index contributed by atoms with van der Waals surface area (Å²) in [6.45, 7) is 2.02. The molecule has 0 aromatic carbocycles. The molecule has 58 valence electrons. The first-order valence-corrected chi connectivity index (χ1v) is 4.04. The van der Waals surface area contributed by atoms with Crippen molar-refractivity contribution in [1.29, 1.82) is 0 Å². The van der Waals surface area contributed by atoms with Crippen LogP contribution < -0.4 is 5.73 Å². The number of hydrogen-bond donors (Lipinski definition) is 1. The van der Waals surface area contributed by atoms with Gasteiger partial charge in [0, 0.05) is 15.8 Å². The maximum Gasteiger partial charge on any atom is 0.241 e. The summed E-state index contributed by atoms with van der Waals surface area (Å²) < 4.78 is 0. The minimum atomic E-state index is -0.406. The molecule has 0 saturated carbocycles. The molecule has 11 heavy (non-hydrogen) atoms. The molecule has 0 aliphatic rings. The van der Waals surface area contributed by atoms with Gasteiger partial charge in [-0.1, -0.05) is 0 Å². The quantitative estimate of drug-likeness (QED) is 0.667. The lowest BCUT2D eigenvalue weighted by atomic mass is 10.4. The van der Waals surface area contributed by atoms with Crippen LogP contribution in [0.25, 0.3) is 6.08 Å². The Morgan fingerprint density at radius 3 is 2.82 bits per heavy atom. The van der Waals surface area contributed by atoms with E-state index in [0.29, 0.717) is 0 Å². The highest BCUT2D eigenvalue weighted by Gasteiger charge is 1.90. The highest BCUT2D eigenvalue weighted by molar-refractivity contribution is 7.12. The fraction of sp³-hybridized carbons (Fsp3) is 0.125. The third-order valence-corrected chi connectivity index (χ3v) is 2.14. The summed E-state index contributed by atoms with van der Waals surface area (Å²) in [5.41, 5.74) is 4.93. The molecule has 1 heterocycles. The van der Waals surface area contributed by atoms with Crippen molar-refractivity contribution in [3.63, 3.8) is 0 Å². The molecule has 1 amide bonds. The molecule has 0 saturated heterocycles. The van der Waals surface area contributed by atoms with E-state index < -0.39 is 5.91 Å². The van der Waals surface area contributed by atoms with Crippen molar-refractivity contribution in [2.45, 2.75) is 6.92 Å². The lowest BCUT2D eigenvalue weighted by molar-refractivity contribution is -0.113. The Morgan fingerprint density at radius 2 is 2.36 bits per heavy atom. The molecule has 2 nitrogen and oxygen atoms in total. The Bertz CT molecular complexity index is 288. The second-order valence-electron chi connectivity index (χ2n) is 2.18. The molecule has 0 bridgehead atoms. The standard InChI is InChI=1S/C8H9NOS/c1-6-2-3-7(11-6)4-5-8(9)10/h2-5H,1H3,(H2,9,10)/b5-4+. The smallest absolute Gasteiger partial charge is 0.241 e. The van der Waals surface area contributed by atoms with Gasteiger partial charge in [-0.05, 0) is 25.1 Å². The fourth-order valence-corrected chi connectivity index (χ4v) is 1.49. The van der Waals surface area contributed by atoms with Gasteiger partial charge < -0.3 is 5.73 Å². The van der Waals surface area contributed by atoms with Gasteiger partial charge in [0.05, 0.1) is 0 Å². The van der Waals surface area contributed by atoms with Crippen LogP contribution in [-0.4, -0.2) is 5.91 Å². The van der Waals surface area contributed by atoms with Crippen molar-refractivity contribution in [1.82, 2.24) is 0 Å². The van der Waals surface area contributed by atoms with E-state index in [1.165, 1.54) is 11.0 Å². The Balaban J connectivity index is 2.71. The van der Waals surface area contributed by atoms with Crippen LogP contribution >= 0.6 is 11.3 Å². The molecule has 0 atom stereocenters. The largest absolute Gasteiger partial charge is 0.366 e. The van der Waals surface area contributed by atoms with Crippen molar-refractivity contribution in [2.75, 3.05) is 0 Å². The third-order valence-electron chi connectivity index (χ3n) is 1.17. The summed E-state index contributed by atoms with van der Waals surface area (Å²) in [5, 5.41) is 0. The van der Waals surface area contributed by atoms with E-state index >= 15 is 0 Å². The number of aryl methyl sites for hydroxylation is 1. The predicted molar refractivity (Wildman–Crippen MR) is 47.3 cm³/mol. The molecule has 0 radical (unpaired) electrons. The maximum atomic E-state index is 10.3. The third kappa shape index (κ3) is 2.55. The maximum absolute atomic E-state index is 10.3. The number of carbonyl (C=O) groups is 1. The number of carbonyl (C=O) groups excluding carboxylic acids is 1. The van der Waals surface area contributed by atoms with Crippen LogP contribution in [0.1, 0.15) is 9.75 Å². The van der Waals surface area contributed by atoms with E-state index in [-0.39, 0.29) is 0 Å². The summed E-state index contributed by atoms with van der Waals surface area (Å²) in [6, 6.07) is 3.96. The van der Waals surface area contributed by atoms with Crippen molar-refractivity contribution in [3.05, 3.63) is 28.0 Å². The monoisotopic (exact) mass is 167 g/mol. The minimum Gasteiger partial charge on any atom is -0.366 e. The summed E-state index contributed by atoms with van der Waals surface area (Å²) in [6.07, 6.45) is 3.09. The van der Waals surface area contributed by atoms with Crippen molar-refractivity contribution in [3.8, 4) is 0 Å². The molecule has 0 aliphatic heterocycles. The Morgan fingerprint density at radius 1 is 1.64 bits per heavy atom. The van der Waals surface area contributed by atoms with Crippen molar-refractivity contribution in [2.24, 2.45) is 5.73 Å². The van der Waals surface area contributed by atoms with Gasteiger partial charge in [-0.3, -0.25) is 4.79 Å². The SMILES string of the molecule is Cc1ccc(/C=C/C(N)=O)s1. The van der Waals surface area contributed by atoms with Gasteiger partial charge in [-0.15, -0.1) is 11.3 Å². The second-order valence-corrected chi connectivity index (χ2v) is 3.50. The number of thiophene rings is 1. The van der Waals surface area contributed by atoms with E-state index in [4.69, 9.17) is 5.73 Å². The van der Waals surface area contributed by atoms with Crippen molar-refractivity contribution < 1.29 is 4.79 Å². The molecule has 2 N–H and O–H groups in total. The van der Waals surface area contributed by atoms with Gasteiger partial charge in [0.2, 0.25) is 5.91 Å². The van der Waals surface area contributed by atoms with Gasteiger partial charge in [0.15, 0.2) is 0 Å². The minimum absolute atomic E-state index is 0.406. The molecule has 0 fully saturated rings. The first kappa shape index (κ1) is 8.01. The summed E-state index contributed by atoms with van der Waals surface area (Å²) in [5.74, 6) is -0.406. The fourth-order valence-electron chi connectivity index (χ4n) is 0.707. The van der Waals surface area contributed by atoms with Crippen LogP contribution in [-0.2, 0) is 4.79 Å². The number of nitrogens with two attached hydrogens (primary N) is 1. The number of hydrogen-bond acceptors (Lipinski definition) is 2. The van der Waals surface area contributed by atoms with E-state index in [1.807, 2.05) is 19.1 Å². The molecule has 1 rings (SSSR count). The van der Waals surface area contributed by atoms with Gasteiger partial charge in [0.25, 0.3) is 0 Å². The molecule has 1 aromatic heterocycles. The van der Waals surface area contributed by atoms with Crippen LogP contribution in [0.3, 0.4) is 0 Å². The number of rotatable bonds is 2. The first-order valence-electron chi connectivity index (χ1n) is 3.22. The highest BCUT2D eigenvalue weighted by Crippen LogP contribution is 2.15. The molecule has 1 aromatic rings. The normalized spacial score (nSPS) is 10.6. The lowest BCUT2D eigenvalue weighted by Gasteiger charge is -1.80. The number of primary amides is 1. The van der Waals surface area contributed by atoms with Gasteiger partial charge in [-0.2, -0.15) is 0 Å². The Labute approximate surface area is 69.3 Å². The van der Waals surface area contributed by atoms with E-state index in [0.717, 1.165) is 4.88 Å². The highest BCUT2D eigenvalue weighted by atomic mass is 32.1. The topological polar surface area (TPSA) is 43.1 Å². The molecule has 0 spiro atoms. The van der Waals surface area contributed by atoms with E-state index in [1.54, 1.807) is 17.4 Å². The zero-order valence-corrected chi connectivity index (χ0v) is 7.02. The molecule has 0 unspecified atom stereocenters.